The minimum atomic E-state index is -0.201. The molecule has 0 rings (SSSR count). The molecule has 4 heteroatoms. The molecule has 4 nitrogen and oxygen atoms in total. The van der Waals surface area contributed by atoms with Gasteiger partial charge in [-0.15, -0.1) is 0 Å². The van der Waals surface area contributed by atoms with Crippen molar-refractivity contribution in [2.45, 2.75) is 53.9 Å². The number of nitrogens with one attached hydrogen (secondary N) is 1. The van der Waals surface area contributed by atoms with Crippen molar-refractivity contribution in [3.8, 4) is 0 Å². The van der Waals surface area contributed by atoms with E-state index >= 15 is 0 Å². The Kier molecular flexibility index (Phi) is 8.42. The summed E-state index contributed by atoms with van der Waals surface area (Å²) in [6.45, 7) is 8.97. The third kappa shape index (κ3) is 8.94. The molecule has 0 bridgehead atoms. The molecule has 1 N–H and O–H groups in total. The first-order chi connectivity index (χ1) is 8.86. The second-order valence-corrected chi connectivity index (χ2v) is 4.74. The highest BCUT2D eigenvalue weighted by Gasteiger charge is 2.07. The van der Waals surface area contributed by atoms with Crippen LogP contribution in [0.4, 0.5) is 0 Å². The van der Waals surface area contributed by atoms with E-state index in [0.29, 0.717) is 18.6 Å². The fourth-order valence-corrected chi connectivity index (χ4v) is 1.33. The number of nitrogens with zero attached hydrogens (tertiary/aromatic N) is 1. The Morgan fingerprint density at radius 1 is 1.11 bits per heavy atom. The quantitative estimate of drug-likeness (QED) is 0.718. The number of hydrogen-bond acceptors (Lipinski definition) is 3. The number of carbonyl (C=O) groups excluding carboxylic acids is 2. The first-order valence-corrected chi connectivity index (χ1v) is 6.50. The highest BCUT2D eigenvalue weighted by atomic mass is 16.2. The normalized spacial score (nSPS) is 12.1. The van der Waals surface area contributed by atoms with E-state index < -0.39 is 0 Å². The lowest BCUT2D eigenvalue weighted by atomic mass is 10.1. The smallest absolute Gasteiger partial charge is 0.269 e. The summed E-state index contributed by atoms with van der Waals surface area (Å²) in [5.74, 6) is -0.0310. The Balaban J connectivity index is 4.39. The summed E-state index contributed by atoms with van der Waals surface area (Å²) in [6, 6.07) is 0. The van der Waals surface area contributed by atoms with Crippen molar-refractivity contribution in [3.63, 3.8) is 0 Å². The van der Waals surface area contributed by atoms with E-state index in [1.807, 2.05) is 26.8 Å². The van der Waals surface area contributed by atoms with Crippen LogP contribution >= 0.6 is 0 Å². The van der Waals surface area contributed by atoms with Crippen LogP contribution in [-0.4, -0.2) is 17.4 Å². The zero-order chi connectivity index (χ0) is 14.8. The van der Waals surface area contributed by atoms with Crippen molar-refractivity contribution in [1.29, 1.82) is 0 Å². The van der Waals surface area contributed by atoms with Crippen molar-refractivity contribution >= 4 is 17.4 Å². The van der Waals surface area contributed by atoms with Gasteiger partial charge >= 0.3 is 0 Å². The van der Waals surface area contributed by atoms with Gasteiger partial charge in [0.25, 0.3) is 5.91 Å². The average Bonchev–Trinajstić information content (AvgIpc) is 2.33. The van der Waals surface area contributed by atoms with Crippen LogP contribution in [0.5, 0.6) is 0 Å². The van der Waals surface area contributed by atoms with Crippen molar-refractivity contribution in [2.75, 3.05) is 0 Å². The number of rotatable bonds is 7. The van der Waals surface area contributed by atoms with E-state index in [2.05, 4.69) is 10.3 Å². The van der Waals surface area contributed by atoms with E-state index in [1.54, 1.807) is 20.0 Å². The summed E-state index contributed by atoms with van der Waals surface area (Å²) >= 11 is 0. The van der Waals surface area contributed by atoms with Crippen molar-refractivity contribution in [2.24, 2.45) is 4.99 Å². The largest absolute Gasteiger partial charge is 0.325 e. The van der Waals surface area contributed by atoms with Crippen LogP contribution in [0.3, 0.4) is 0 Å². The highest BCUT2D eigenvalue weighted by molar-refractivity contribution is 6.38. The summed E-state index contributed by atoms with van der Waals surface area (Å²) in [4.78, 5) is 26.8. The van der Waals surface area contributed by atoms with Gasteiger partial charge in [-0.25, -0.2) is 0 Å². The first kappa shape index (κ1) is 17.3. The van der Waals surface area contributed by atoms with Crippen molar-refractivity contribution < 1.29 is 9.59 Å². The third-order valence-electron chi connectivity index (χ3n) is 2.44. The van der Waals surface area contributed by atoms with Crippen LogP contribution in [0.2, 0.25) is 0 Å². The molecule has 0 saturated carbocycles. The molecule has 0 aliphatic rings. The van der Waals surface area contributed by atoms with Gasteiger partial charge in [-0.1, -0.05) is 11.6 Å². The van der Waals surface area contributed by atoms with E-state index in [1.165, 1.54) is 0 Å². The summed E-state index contributed by atoms with van der Waals surface area (Å²) in [5.41, 5.74) is 2.30. The van der Waals surface area contributed by atoms with Gasteiger partial charge in [0.15, 0.2) is 0 Å². The monoisotopic (exact) mass is 264 g/mol. The van der Waals surface area contributed by atoms with Crippen LogP contribution in [0.1, 0.15) is 53.9 Å². The highest BCUT2D eigenvalue weighted by Crippen LogP contribution is 2.05. The maximum atomic E-state index is 11.8. The summed E-state index contributed by atoms with van der Waals surface area (Å²) in [6.07, 6.45) is 5.50. The minimum absolute atomic E-state index is 0.170. The molecule has 0 aliphatic heterocycles. The number of aliphatic imine (C=N–C) groups is 1. The summed E-state index contributed by atoms with van der Waals surface area (Å²) < 4.78 is 0. The molecule has 0 saturated heterocycles. The number of carbonyl (C=O) groups is 2. The molecular formula is C15H24N2O2. The molecular weight excluding hydrogens is 240 g/mol. The van der Waals surface area contributed by atoms with Gasteiger partial charge in [-0.2, -0.15) is 0 Å². The second-order valence-electron chi connectivity index (χ2n) is 4.74. The van der Waals surface area contributed by atoms with Gasteiger partial charge in [-0.3, -0.25) is 9.79 Å². The standard InChI is InChI=1S/C15H24N2O2/c1-6-14(9-7-8-12(4)18)17-15(19)13(5)16-10-11(2)3/h6,10H,7-9H2,1-5H3,(H,17,19)/b14-6-,16-13?. The van der Waals surface area contributed by atoms with Crippen LogP contribution in [0.15, 0.2) is 28.5 Å². The molecule has 0 aromatic carbocycles. The van der Waals surface area contributed by atoms with Gasteiger partial charge in [0.05, 0.1) is 0 Å². The predicted molar refractivity (Wildman–Crippen MR) is 79.0 cm³/mol. The SMILES string of the molecule is C/C=C(/CCCC(C)=O)NC(=O)C(C)=NC=C(C)C. The zero-order valence-corrected chi connectivity index (χ0v) is 12.5. The summed E-state index contributed by atoms with van der Waals surface area (Å²) in [5, 5.41) is 2.81. The second kappa shape index (κ2) is 9.25. The predicted octanol–water partition coefficient (Wildman–Crippen LogP) is 3.15. The average molecular weight is 264 g/mol. The fraction of sp³-hybridized carbons (Fsp3) is 0.533. The van der Waals surface area contributed by atoms with Gasteiger partial charge in [0, 0.05) is 18.3 Å². The molecule has 0 aromatic heterocycles. The molecule has 0 fully saturated rings. The van der Waals surface area contributed by atoms with E-state index in [0.717, 1.165) is 17.7 Å². The lowest BCUT2D eigenvalue weighted by Gasteiger charge is -2.08. The van der Waals surface area contributed by atoms with Gasteiger partial charge in [0.2, 0.25) is 0 Å². The minimum Gasteiger partial charge on any atom is -0.325 e. The molecule has 0 unspecified atom stereocenters. The Bertz CT molecular complexity index is 414. The Labute approximate surface area is 115 Å². The first-order valence-electron chi connectivity index (χ1n) is 6.50. The number of ketones is 1. The van der Waals surface area contributed by atoms with Crippen LogP contribution in [0, 0.1) is 0 Å². The molecule has 0 heterocycles. The van der Waals surface area contributed by atoms with E-state index in [-0.39, 0.29) is 11.7 Å². The number of Topliss-reactive ketones (excluding diaryl/α,β-unsaturated/α-hetero) is 1. The van der Waals surface area contributed by atoms with Gasteiger partial charge < -0.3 is 10.1 Å². The van der Waals surface area contributed by atoms with Gasteiger partial charge in [-0.05, 0) is 47.5 Å². The van der Waals surface area contributed by atoms with Crippen LogP contribution in [0.25, 0.3) is 0 Å². The van der Waals surface area contributed by atoms with E-state index in [4.69, 9.17) is 0 Å². The third-order valence-corrected chi connectivity index (χ3v) is 2.44. The molecule has 0 radical (unpaired) electrons. The number of amides is 1. The number of allylic oxidation sites excluding steroid dienone is 3. The lowest BCUT2D eigenvalue weighted by molar-refractivity contribution is -0.117. The van der Waals surface area contributed by atoms with Gasteiger partial charge in [0.1, 0.15) is 11.5 Å². The fourth-order valence-electron chi connectivity index (χ4n) is 1.33. The van der Waals surface area contributed by atoms with E-state index in [9.17, 15) is 9.59 Å². The molecule has 1 amide bonds. The topological polar surface area (TPSA) is 58.5 Å². The van der Waals surface area contributed by atoms with Crippen LogP contribution < -0.4 is 5.32 Å². The summed E-state index contributed by atoms with van der Waals surface area (Å²) in [7, 11) is 0. The Morgan fingerprint density at radius 2 is 1.74 bits per heavy atom. The van der Waals surface area contributed by atoms with Crippen molar-refractivity contribution in [1.82, 2.24) is 5.32 Å². The molecule has 19 heavy (non-hydrogen) atoms. The molecule has 0 spiro atoms. The lowest BCUT2D eigenvalue weighted by Crippen LogP contribution is -2.28. The Morgan fingerprint density at radius 3 is 2.21 bits per heavy atom. The number of hydrogen-bond donors (Lipinski definition) is 1. The van der Waals surface area contributed by atoms with Crippen LogP contribution in [-0.2, 0) is 9.59 Å². The molecule has 0 aliphatic carbocycles. The zero-order valence-electron chi connectivity index (χ0n) is 12.5. The maximum Gasteiger partial charge on any atom is 0.269 e. The Hall–Kier alpha value is -1.71. The van der Waals surface area contributed by atoms with Crippen molar-refractivity contribution in [3.05, 3.63) is 23.5 Å². The molecule has 0 atom stereocenters. The molecule has 106 valence electrons. The maximum absolute atomic E-state index is 11.8. The molecule has 0 aromatic rings.